The molecule has 0 fully saturated rings. The van der Waals surface area contributed by atoms with Crippen molar-refractivity contribution in [2.75, 3.05) is 19.6 Å². The van der Waals surface area contributed by atoms with Crippen LogP contribution < -0.4 is 36.0 Å². The monoisotopic (exact) mass is 2190 g/mol. The van der Waals surface area contributed by atoms with Crippen LogP contribution in [0, 0.1) is 27.7 Å². The van der Waals surface area contributed by atoms with Crippen molar-refractivity contribution in [1.29, 1.82) is 0 Å². The second-order valence-corrected chi connectivity index (χ2v) is 66.0. The van der Waals surface area contributed by atoms with E-state index in [0.717, 1.165) is 0.282 Å². The topological polar surface area (TPSA) is 13.0 Å². The van der Waals surface area contributed by atoms with E-state index < -0.39 is 0 Å². The molecule has 2 aliphatic heterocycles. The van der Waals surface area contributed by atoms with Crippen molar-refractivity contribution in [3.63, 3.8) is 0 Å². The van der Waals surface area contributed by atoms with Gasteiger partial charge in [0.2, 0.25) is 0 Å². The minimum Gasteiger partial charge on any atom is -0.311 e. The molecule has 0 atom stereocenters. The fourth-order valence-corrected chi connectivity index (χ4v) is 27.9. The van der Waals surface area contributed by atoms with Gasteiger partial charge in [-0.3, -0.25) is 0 Å². The van der Waals surface area contributed by atoms with Crippen molar-refractivity contribution in [2.45, 2.75) is 376 Å². The van der Waals surface area contributed by atoms with Crippen LogP contribution in [0.1, 0.15) is 384 Å². The van der Waals surface area contributed by atoms with Gasteiger partial charge in [0.25, 0.3) is 6.71 Å². The maximum atomic E-state index is 2.74. The van der Waals surface area contributed by atoms with E-state index in [0.29, 0.717) is 0 Å². The number of nitrogens with zero attached hydrogens (tertiary/aromatic N) is 4. The molecule has 8 aliphatic rings. The Kier molecular flexibility index (Phi) is 24.6. The number of hydrogen-bond acceptors (Lipinski definition) is 6. The van der Waals surface area contributed by atoms with E-state index in [1.807, 2.05) is 11.3 Å². The second-order valence-electron chi connectivity index (χ2n) is 53.1. The molecule has 0 spiro atoms. The largest absolute Gasteiger partial charge is 0.355 e. The highest BCUT2D eigenvalue weighted by molar-refractivity contribution is 14.4. The summed E-state index contributed by atoms with van der Waals surface area (Å²) >= 11 is 11.0. The van der Waals surface area contributed by atoms with Gasteiger partial charge in [-0.1, -0.05) is 294 Å². The van der Waals surface area contributed by atoms with E-state index in [1.165, 1.54) is 267 Å². The Bertz CT molecular complexity index is 6830. The molecule has 0 unspecified atom stereocenters. The number of anilines is 12. The molecule has 2 aromatic heterocycles. The van der Waals surface area contributed by atoms with E-state index in [2.05, 4.69) is 523 Å². The van der Waals surface area contributed by atoms with Gasteiger partial charge in [-0.05, 0) is 386 Å². The molecular formula is C126H153B2I3N4S2. The molecule has 12 aromatic rings. The summed E-state index contributed by atoms with van der Waals surface area (Å²) in [7, 11) is 0. The Morgan fingerprint density at radius 3 is 1.15 bits per heavy atom. The Morgan fingerprint density at radius 2 is 0.686 bits per heavy atom. The summed E-state index contributed by atoms with van der Waals surface area (Å²) < 4.78 is 0.743. The van der Waals surface area contributed by atoms with Gasteiger partial charge in [0, 0.05) is 77.5 Å². The second kappa shape index (κ2) is 33.6. The van der Waals surface area contributed by atoms with E-state index in [4.69, 9.17) is 0 Å². The van der Waals surface area contributed by atoms with Crippen LogP contribution >= 0.6 is 89.8 Å². The summed E-state index contributed by atoms with van der Waals surface area (Å²) in [6.45, 7) is 86.8. The molecule has 10 aromatic carbocycles. The number of benzene rings is 10. The number of aryl methyl sites for hydroxylation is 4. The summed E-state index contributed by atoms with van der Waals surface area (Å²) in [5.41, 5.74) is 49.1. The lowest BCUT2D eigenvalue weighted by Crippen LogP contribution is -2.62. The van der Waals surface area contributed by atoms with E-state index >= 15 is 0 Å². The Morgan fingerprint density at radius 1 is 0.307 bits per heavy atom. The van der Waals surface area contributed by atoms with Gasteiger partial charge >= 0.3 is 0.282 Å². The highest BCUT2D eigenvalue weighted by Gasteiger charge is 2.54. The van der Waals surface area contributed by atoms with Crippen LogP contribution in [-0.4, -0.2) is 6.99 Å². The molecule has 0 N–H and O–H groups in total. The quantitative estimate of drug-likeness (QED) is 0.111. The van der Waals surface area contributed by atoms with E-state index in [1.54, 1.807) is 0 Å². The predicted octanol–water partition coefficient (Wildman–Crippen LogP) is 37.2. The molecule has 0 bridgehead atoms. The number of rotatable bonds is 8. The summed E-state index contributed by atoms with van der Waals surface area (Å²) in [6.07, 6.45) is 9.53. The van der Waals surface area contributed by atoms with E-state index in [9.17, 15) is 0 Å². The third kappa shape index (κ3) is 17.2. The molecule has 0 amide bonds. The molecule has 137 heavy (non-hydrogen) atoms. The van der Waals surface area contributed by atoms with Crippen LogP contribution in [0.3, 0.4) is 0 Å². The highest BCUT2D eigenvalue weighted by atomic mass is 127. The smallest absolute Gasteiger partial charge is 0.311 e. The zero-order chi connectivity index (χ0) is 99.6. The minimum absolute atomic E-state index is 0.0467. The Hall–Kier alpha value is -6.88. The summed E-state index contributed by atoms with van der Waals surface area (Å²) in [4.78, 5) is 13.5. The standard InChI is InChI=1S/C63H75BN2S.C63H78N2S.BI3/c1-36-29-50-53-51(30-36)66(48-24-20-38(31-37(48)2)57(3,4)5)56-54(52-55(67-56)41-32-39(58(6,7)8)19-22-42(41)63(52,17)18)64(53)47-34-45-46(62(15,16)28-27-61(45,13)14)35-49(47)65(50)40-21-23-43-44(33-40)60(11,12)26-25-59(43,9)10;1-39-31-45(64(43-21-24-49-51(36-43)61(13,14)29-27-59(49,9)10)44-22-25-50-52(37-44)62(15,16)30-28-60(50,11)12)35-46(32-39)65(54-26-20-41(33-40(54)2)57(3,4)5)55-38-53-56(66-55)47-34-42(58(6,7)8)19-23-48(47)63(53,17)18;2-1(3)4/h19-24,29-35H,25-28H2,1-18H3;19-26,31-38H,27-30H2,1-18H3;. The van der Waals surface area contributed by atoms with Crippen LogP contribution in [0.4, 0.5) is 66.9 Å². The number of hydrogen-bond donors (Lipinski definition) is 0. The zero-order valence-corrected chi connectivity index (χ0v) is 97.9. The van der Waals surface area contributed by atoms with Gasteiger partial charge < -0.3 is 19.6 Å². The van der Waals surface area contributed by atoms with Gasteiger partial charge in [-0.15, -0.1) is 89.8 Å². The molecular weight excluding hydrogens is 2040 g/mol. The molecule has 4 heterocycles. The first kappa shape index (κ1) is 100. The van der Waals surface area contributed by atoms with Crippen molar-refractivity contribution >= 4 is 180 Å². The predicted molar refractivity (Wildman–Crippen MR) is 630 cm³/mol. The van der Waals surface area contributed by atoms with Gasteiger partial charge in [0.15, 0.2) is 0 Å². The third-order valence-electron chi connectivity index (χ3n) is 34.3. The minimum atomic E-state index is -0.187. The van der Waals surface area contributed by atoms with Crippen LogP contribution in [0.2, 0.25) is 0 Å². The van der Waals surface area contributed by atoms with Crippen molar-refractivity contribution in [3.05, 3.63) is 287 Å². The summed E-state index contributed by atoms with van der Waals surface area (Å²) in [5.74, 6) is 0. The number of halogens is 3. The van der Waals surface area contributed by atoms with Crippen molar-refractivity contribution in [2.24, 2.45) is 0 Å². The molecule has 0 saturated heterocycles. The number of thiophene rings is 2. The molecule has 20 rings (SSSR count). The molecule has 0 saturated carbocycles. The molecule has 6 aliphatic carbocycles. The first-order valence-corrected chi connectivity index (χ1v) is 56.5. The van der Waals surface area contributed by atoms with Crippen molar-refractivity contribution in [3.8, 4) is 20.9 Å². The maximum Gasteiger partial charge on any atom is 0.355 e. The molecule has 0 radical (unpaired) electrons. The average molecular weight is 2190 g/mol. The zero-order valence-electron chi connectivity index (χ0n) is 89.8. The first-order chi connectivity index (χ1) is 63.3. The Balaban J connectivity index is 0.000000175. The normalized spacial score (nSPS) is 18.8. The van der Waals surface area contributed by atoms with Crippen LogP contribution in [0.15, 0.2) is 176 Å². The van der Waals surface area contributed by atoms with Gasteiger partial charge in [-0.2, -0.15) is 0 Å². The molecule has 716 valence electrons. The lowest BCUT2D eigenvalue weighted by atomic mass is 9.32. The van der Waals surface area contributed by atoms with Gasteiger partial charge in [-0.25, -0.2) is 0 Å². The Labute approximate surface area is 875 Å². The lowest BCUT2D eigenvalue weighted by Gasteiger charge is -2.48. The summed E-state index contributed by atoms with van der Waals surface area (Å²) in [5, 5.41) is 2.64. The van der Waals surface area contributed by atoms with Crippen LogP contribution in [0.5, 0.6) is 0 Å². The van der Waals surface area contributed by atoms with Crippen molar-refractivity contribution < 1.29 is 0 Å². The number of fused-ring (bicyclic) bond motifs is 15. The lowest BCUT2D eigenvalue weighted by molar-refractivity contribution is 0.332. The maximum absolute atomic E-state index is 2.74. The first-order valence-electron chi connectivity index (χ1n) is 51.1. The fourth-order valence-electron chi connectivity index (χ4n) is 25.0. The van der Waals surface area contributed by atoms with Gasteiger partial charge in [0.05, 0.1) is 5.00 Å². The third-order valence-corrected chi connectivity index (χ3v) is 36.7. The van der Waals surface area contributed by atoms with E-state index in [-0.39, 0.29) is 82.5 Å². The summed E-state index contributed by atoms with van der Waals surface area (Å²) in [6, 6.07) is 72.0. The highest BCUT2D eigenvalue weighted by Crippen LogP contribution is 2.63. The average Bonchev–Trinajstić information content (AvgIpc) is 1.54. The van der Waals surface area contributed by atoms with Crippen LogP contribution in [0.25, 0.3) is 20.9 Å². The van der Waals surface area contributed by atoms with Crippen molar-refractivity contribution in [1.82, 2.24) is 0 Å². The van der Waals surface area contributed by atoms with Gasteiger partial charge in [0.1, 0.15) is 5.00 Å². The van der Waals surface area contributed by atoms with Crippen LogP contribution in [-0.2, 0) is 75.8 Å². The SMILES string of the molecule is Cc1cc(N(c2ccc3c(c2)C(C)(C)CCC3(C)C)c2ccc3c(c2)C(C)(C)CCC3(C)C)cc(N(c2cc3c(s2)-c2cc(C(C)(C)C)ccc2C3(C)C)c2ccc(C(C)(C)C)cc2C)c1.Cc1cc2c3c(c1)N(c1ccc(C(C)(C)C)cc1C)c1sc4c(c1B3c1cc3c(cc1N2c1ccc2c(c1)C(C)(C)CCC2(C)C)C(C)(C)CCC3(C)C)C(C)(C)c1ccc(C(C)(C)C)cc1-4.IB(I)I. The molecule has 11 heteroatoms. The molecule has 4 nitrogen and oxygen atoms in total. The fraction of sp³-hybridized carbons (Fsp3) is 0.460.